The number of rotatable bonds is 12. The average molecular weight is 836 g/mol. The topological polar surface area (TPSA) is 129 Å². The fourth-order valence-electron chi connectivity index (χ4n) is 7.12. The lowest BCUT2D eigenvalue weighted by molar-refractivity contribution is -0.140. The number of amides is 4. The number of carbonyl (C=O) groups excluding carboxylic acids is 4. The van der Waals surface area contributed by atoms with Crippen molar-refractivity contribution in [2.45, 2.75) is 93.9 Å². The molecule has 1 saturated heterocycles. The maximum absolute atomic E-state index is 16.1. The number of anilines is 1. The third-order valence-corrected chi connectivity index (χ3v) is 12.8. The molecule has 5 rings (SSSR count). The molecule has 15 heteroatoms. The molecule has 2 heterocycles. The Hall–Kier alpha value is -3.05. The zero-order chi connectivity index (χ0) is 37.3. The van der Waals surface area contributed by atoms with Gasteiger partial charge in [0.25, 0.3) is 11.8 Å². The van der Waals surface area contributed by atoms with Crippen molar-refractivity contribution in [2.75, 3.05) is 38.5 Å². The molecule has 3 aliphatic rings. The highest BCUT2D eigenvalue weighted by Crippen LogP contribution is 2.44. The van der Waals surface area contributed by atoms with Gasteiger partial charge in [-0.1, -0.05) is 40.7 Å². The van der Waals surface area contributed by atoms with E-state index in [2.05, 4.69) is 42.7 Å². The summed E-state index contributed by atoms with van der Waals surface area (Å²) in [5.74, 6) is -2.56. The van der Waals surface area contributed by atoms with Crippen molar-refractivity contribution >= 4 is 66.9 Å². The summed E-state index contributed by atoms with van der Waals surface area (Å²) < 4.78 is 31.3. The number of aromatic nitrogens is 2. The summed E-state index contributed by atoms with van der Waals surface area (Å²) in [7, 11) is 5.70. The van der Waals surface area contributed by atoms with Gasteiger partial charge in [0.2, 0.25) is 11.8 Å². The Balaban J connectivity index is 1.42. The largest absolute Gasteiger partial charge is 0.340 e. The lowest BCUT2D eigenvalue weighted by Crippen LogP contribution is -2.60. The van der Waals surface area contributed by atoms with E-state index in [1.807, 2.05) is 43.5 Å². The number of hydrogen-bond donors (Lipinski definition) is 3. The first kappa shape index (κ1) is 39.2. The van der Waals surface area contributed by atoms with Gasteiger partial charge in [-0.15, -0.1) is 0 Å². The number of halogens is 3. The van der Waals surface area contributed by atoms with Crippen LogP contribution >= 0.6 is 22.6 Å². The fourth-order valence-corrected chi connectivity index (χ4v) is 8.27. The molecule has 2 aliphatic carbocycles. The zero-order valence-electron chi connectivity index (χ0n) is 30.0. The number of nitrogens with one attached hydrogen (secondary N) is 3. The summed E-state index contributed by atoms with van der Waals surface area (Å²) in [5.41, 5.74) is -2.16. The molecule has 1 aromatic heterocycles. The number of nitrogens with zero attached hydrogens (tertiary/aromatic N) is 4. The van der Waals surface area contributed by atoms with Crippen LogP contribution in [0.25, 0.3) is 0 Å². The SMILES string of the molecule is CCn1nccc1C(=O)N[C@H](C(=O)Nc1ccc(C(C)(I)[C@@H](NC(=O)C2(F)CC2)C(=O)N2CCN(C)CC2)cc1F)C1(C(C)=[Si])CCC(C)CC1. The highest BCUT2D eigenvalue weighted by Gasteiger charge is 2.54. The number of carbonyl (C=O) groups is 4. The Morgan fingerprint density at radius 1 is 1.08 bits per heavy atom. The van der Waals surface area contributed by atoms with E-state index in [0.717, 1.165) is 18.0 Å². The number of benzene rings is 1. The first-order chi connectivity index (χ1) is 24.0. The molecule has 1 unspecified atom stereocenters. The standard InChI is InChI=1S/C36H48F2IN7O4Si/c1-6-46-27(11-16-40-46)30(47)42-28(35(23(3)51)12-9-22(2)10-13-35)31(48)41-26-8-7-24(21-25(26)37)34(4,39)29(43-33(50)36(38)14-15-36)32(49)45-19-17-44(5)18-20-45/h7-8,11,16,21-22,28-29H,6,9-10,12-15,17-20H2,1-5H3,(H,41,48)(H,42,47)(H,43,50)/t22?,28-,29+,34?,35?/m1/s1. The van der Waals surface area contributed by atoms with Crippen molar-refractivity contribution in [2.24, 2.45) is 11.3 Å². The molecule has 2 saturated carbocycles. The summed E-state index contributed by atoms with van der Waals surface area (Å²) in [5, 5.41) is 13.4. The summed E-state index contributed by atoms with van der Waals surface area (Å²) in [6.07, 6.45) is 4.67. The number of hydrogen-bond acceptors (Lipinski definition) is 6. The van der Waals surface area contributed by atoms with Crippen LogP contribution in [0.3, 0.4) is 0 Å². The maximum Gasteiger partial charge on any atom is 0.270 e. The van der Waals surface area contributed by atoms with E-state index in [9.17, 15) is 23.6 Å². The molecule has 51 heavy (non-hydrogen) atoms. The Kier molecular flexibility index (Phi) is 11.9. The van der Waals surface area contributed by atoms with Crippen LogP contribution in [0.5, 0.6) is 0 Å². The van der Waals surface area contributed by atoms with Gasteiger partial charge in [0.15, 0.2) is 5.67 Å². The second kappa shape index (κ2) is 15.5. The molecule has 3 atom stereocenters. The summed E-state index contributed by atoms with van der Waals surface area (Å²) in [4.78, 5) is 58.4. The molecule has 0 spiro atoms. The molecule has 2 aromatic rings. The second-order valence-corrected chi connectivity index (χ2v) is 17.7. The van der Waals surface area contributed by atoms with Crippen LogP contribution in [0.2, 0.25) is 0 Å². The van der Waals surface area contributed by atoms with Crippen molar-refractivity contribution < 1.29 is 28.0 Å². The predicted octanol–water partition coefficient (Wildman–Crippen LogP) is 3.75. The lowest BCUT2D eigenvalue weighted by Gasteiger charge is -2.45. The molecule has 1 aliphatic heterocycles. The first-order valence-electron chi connectivity index (χ1n) is 17.7. The monoisotopic (exact) mass is 835 g/mol. The summed E-state index contributed by atoms with van der Waals surface area (Å²) in [6, 6.07) is 3.62. The predicted molar refractivity (Wildman–Crippen MR) is 201 cm³/mol. The third-order valence-electron chi connectivity index (χ3n) is 11.0. The lowest BCUT2D eigenvalue weighted by atomic mass is 9.64. The molecular weight excluding hydrogens is 787 g/mol. The van der Waals surface area contributed by atoms with Gasteiger partial charge >= 0.3 is 0 Å². The van der Waals surface area contributed by atoms with Crippen LogP contribution in [0.4, 0.5) is 14.5 Å². The van der Waals surface area contributed by atoms with E-state index in [4.69, 9.17) is 0 Å². The van der Waals surface area contributed by atoms with Crippen molar-refractivity contribution in [1.29, 1.82) is 0 Å². The van der Waals surface area contributed by atoms with E-state index in [1.165, 1.54) is 18.3 Å². The smallest absolute Gasteiger partial charge is 0.270 e. The zero-order valence-corrected chi connectivity index (χ0v) is 33.1. The summed E-state index contributed by atoms with van der Waals surface area (Å²) >= 11 is 2.02. The van der Waals surface area contributed by atoms with Gasteiger partial charge < -0.3 is 25.8 Å². The first-order valence-corrected chi connectivity index (χ1v) is 19.3. The minimum absolute atomic E-state index is 0.0888. The number of piperazine rings is 1. The van der Waals surface area contributed by atoms with Crippen LogP contribution < -0.4 is 16.0 Å². The molecule has 4 amide bonds. The quantitative estimate of drug-likeness (QED) is 0.170. The van der Waals surface area contributed by atoms with Gasteiger partial charge in [-0.25, -0.2) is 8.78 Å². The van der Waals surface area contributed by atoms with E-state index in [0.29, 0.717) is 62.7 Å². The molecule has 0 bridgehead atoms. The van der Waals surface area contributed by atoms with Crippen molar-refractivity contribution in [1.82, 2.24) is 30.2 Å². The van der Waals surface area contributed by atoms with Crippen LogP contribution in [-0.2, 0) is 24.4 Å². The Morgan fingerprint density at radius 2 is 1.73 bits per heavy atom. The van der Waals surface area contributed by atoms with Crippen LogP contribution in [-0.4, -0.2) is 109 Å². The number of likely N-dealkylation sites (N-methyl/N-ethyl adjacent to an activating group) is 1. The fraction of sp³-hybridized carbons (Fsp3) is 0.611. The van der Waals surface area contributed by atoms with Crippen LogP contribution in [0, 0.1) is 17.2 Å². The second-order valence-electron chi connectivity index (χ2n) is 14.7. The number of alkyl halides is 2. The molecule has 3 fully saturated rings. The van der Waals surface area contributed by atoms with Crippen molar-refractivity contribution in [3.05, 3.63) is 47.5 Å². The van der Waals surface area contributed by atoms with Crippen molar-refractivity contribution in [3.63, 3.8) is 0 Å². The summed E-state index contributed by atoms with van der Waals surface area (Å²) in [6.45, 7) is 10.3. The van der Waals surface area contributed by atoms with Gasteiger partial charge in [-0.05, 0) is 96.0 Å². The van der Waals surface area contributed by atoms with E-state index < -0.39 is 50.1 Å². The van der Waals surface area contributed by atoms with Crippen LogP contribution in [0.1, 0.15) is 82.3 Å². The Bertz CT molecular complexity index is 1670. The van der Waals surface area contributed by atoms with Crippen LogP contribution in [0.15, 0.2) is 30.5 Å². The van der Waals surface area contributed by atoms with Gasteiger partial charge in [0.1, 0.15) is 23.6 Å². The minimum Gasteiger partial charge on any atom is -0.340 e. The molecule has 3 N–H and O–H groups in total. The molecular formula is C36H48F2IN7O4Si. The van der Waals surface area contributed by atoms with Gasteiger partial charge in [0, 0.05) is 54.2 Å². The third kappa shape index (κ3) is 8.29. The van der Waals surface area contributed by atoms with Crippen molar-refractivity contribution in [3.8, 4) is 0 Å². The highest BCUT2D eigenvalue weighted by atomic mass is 127. The molecule has 1 aromatic carbocycles. The van der Waals surface area contributed by atoms with E-state index >= 15 is 4.39 Å². The molecule has 2 radical (unpaired) electrons. The Labute approximate surface area is 315 Å². The molecule has 276 valence electrons. The highest BCUT2D eigenvalue weighted by molar-refractivity contribution is 14.1. The maximum atomic E-state index is 16.1. The van der Waals surface area contributed by atoms with Gasteiger partial charge in [-0.2, -0.15) is 5.10 Å². The van der Waals surface area contributed by atoms with E-state index in [-0.39, 0.29) is 24.4 Å². The number of aryl methyl sites for hydroxylation is 1. The Morgan fingerprint density at radius 3 is 2.29 bits per heavy atom. The van der Waals surface area contributed by atoms with Gasteiger partial charge in [0.05, 0.1) is 9.11 Å². The minimum atomic E-state index is -2.01. The molecule has 11 nitrogen and oxygen atoms in total. The van der Waals surface area contributed by atoms with Gasteiger partial charge in [-0.3, -0.25) is 23.9 Å². The average Bonchev–Trinajstić information content (AvgIpc) is 3.67. The van der Waals surface area contributed by atoms with E-state index in [1.54, 1.807) is 28.6 Å². The normalized spacial score (nSPS) is 24.1.